The quantitative estimate of drug-likeness (QED) is 0.251. The van der Waals surface area contributed by atoms with Gasteiger partial charge in [0, 0.05) is 56.6 Å². The molecule has 0 amide bonds. The van der Waals surface area contributed by atoms with Gasteiger partial charge in [0.1, 0.15) is 11.5 Å². The van der Waals surface area contributed by atoms with E-state index in [1.54, 1.807) is 6.20 Å². The molecule has 5 heterocycles. The maximum atomic E-state index is 14.2. The van der Waals surface area contributed by atoms with E-state index in [-0.39, 0.29) is 23.9 Å². The van der Waals surface area contributed by atoms with Crippen molar-refractivity contribution in [3.63, 3.8) is 0 Å². The number of H-pyrrole nitrogens is 2. The lowest BCUT2D eigenvalue weighted by Crippen LogP contribution is -2.34. The second kappa shape index (κ2) is 12.1. The van der Waals surface area contributed by atoms with E-state index in [1.165, 1.54) is 22.6 Å². The number of fused-ring (bicyclic) bond motifs is 2. The second-order valence-corrected chi connectivity index (χ2v) is 13.8. The number of aromatic amines is 2. The van der Waals surface area contributed by atoms with Gasteiger partial charge in [-0.15, -0.1) is 0 Å². The predicted molar refractivity (Wildman–Crippen MR) is 173 cm³/mol. The zero-order valence-corrected chi connectivity index (χ0v) is 26.6. The van der Waals surface area contributed by atoms with Crippen molar-refractivity contribution in [1.29, 1.82) is 0 Å². The summed E-state index contributed by atoms with van der Waals surface area (Å²) in [5.41, 5.74) is 5.46. The van der Waals surface area contributed by atoms with Gasteiger partial charge < -0.3 is 19.9 Å². The monoisotopic (exact) mass is 645 g/mol. The Labute approximate surface area is 266 Å². The van der Waals surface area contributed by atoms with Crippen LogP contribution in [0, 0.1) is 5.82 Å². The lowest BCUT2D eigenvalue weighted by molar-refractivity contribution is 0.360. The van der Waals surface area contributed by atoms with E-state index in [9.17, 15) is 17.9 Å². The third-order valence-corrected chi connectivity index (χ3v) is 10.8. The van der Waals surface area contributed by atoms with Crippen LogP contribution < -0.4 is 4.90 Å². The Balaban J connectivity index is 1.07. The molecule has 12 nitrogen and oxygen atoms in total. The molecule has 7 rings (SSSR count). The maximum absolute atomic E-state index is 14.2. The first-order valence-corrected chi connectivity index (χ1v) is 17.0. The molecule has 1 saturated heterocycles. The molecular weight excluding hydrogens is 609 g/mol. The van der Waals surface area contributed by atoms with Gasteiger partial charge in [-0.05, 0) is 67.4 Å². The molecule has 2 aliphatic rings. The summed E-state index contributed by atoms with van der Waals surface area (Å²) in [6.07, 6.45) is 5.50. The van der Waals surface area contributed by atoms with Crippen LogP contribution in [0.15, 0.2) is 47.8 Å². The molecule has 0 unspecified atom stereocenters. The van der Waals surface area contributed by atoms with E-state index in [4.69, 9.17) is 4.98 Å². The SMILES string of the molecule is CCc1cc(O)c(F)cc1-c1ccc2c(-c3nc4c([nH]3)CCN(S(=O)(=O)c3cnc(N5CCCN(C)CC5)cn3)CC4)n[nH]c2c1. The molecule has 3 N–H and O–H groups in total. The summed E-state index contributed by atoms with van der Waals surface area (Å²) < 4.78 is 42.7. The average molecular weight is 646 g/mol. The van der Waals surface area contributed by atoms with E-state index in [0.717, 1.165) is 66.0 Å². The number of hydrogen-bond acceptors (Lipinski definition) is 9. The van der Waals surface area contributed by atoms with Crippen LogP contribution in [-0.2, 0) is 29.3 Å². The number of nitrogens with zero attached hydrogens (tertiary/aromatic N) is 7. The number of anilines is 1. The normalized spacial score (nSPS) is 16.8. The molecule has 0 atom stereocenters. The number of phenols is 1. The fourth-order valence-electron chi connectivity index (χ4n) is 6.34. The van der Waals surface area contributed by atoms with Gasteiger partial charge in [-0.25, -0.2) is 27.8 Å². The fraction of sp³-hybridized carbons (Fsp3) is 0.375. The number of aromatic nitrogens is 6. The summed E-state index contributed by atoms with van der Waals surface area (Å²) in [5.74, 6) is 0.275. The first-order chi connectivity index (χ1) is 22.2. The standard InChI is InChI=1S/C32H36FN9O3S/c1-3-20-16-28(43)24(33)17-23(20)21-5-6-22-27(15-21)38-39-31(22)32-36-25-7-11-42(12-8-26(25)37-32)46(44,45)30-19-34-29(18-35-30)41-10-4-9-40(2)13-14-41/h5-6,15-19,43H,3-4,7-14H2,1-2H3,(H,36,37)(H,38,39). The molecule has 1 fully saturated rings. The van der Waals surface area contributed by atoms with Gasteiger partial charge in [0.25, 0.3) is 10.0 Å². The number of rotatable bonds is 6. The molecule has 0 saturated carbocycles. The van der Waals surface area contributed by atoms with Crippen molar-refractivity contribution in [2.75, 3.05) is 51.2 Å². The van der Waals surface area contributed by atoms with Crippen LogP contribution in [0.25, 0.3) is 33.5 Å². The zero-order chi connectivity index (χ0) is 32.0. The number of halogens is 1. The lowest BCUT2D eigenvalue weighted by atomic mass is 9.96. The minimum Gasteiger partial charge on any atom is -0.505 e. The van der Waals surface area contributed by atoms with Crippen LogP contribution in [0.2, 0.25) is 0 Å². The number of aromatic hydroxyl groups is 1. The third-order valence-electron chi connectivity index (χ3n) is 8.99. The summed E-state index contributed by atoms with van der Waals surface area (Å²) in [4.78, 5) is 21.4. The summed E-state index contributed by atoms with van der Waals surface area (Å²) >= 11 is 0. The van der Waals surface area contributed by atoms with E-state index in [2.05, 4.69) is 42.0 Å². The van der Waals surface area contributed by atoms with E-state index in [1.807, 2.05) is 25.1 Å². The van der Waals surface area contributed by atoms with Crippen LogP contribution in [0.5, 0.6) is 5.75 Å². The molecule has 5 aromatic rings. The number of phenolic OH excluding ortho intramolecular Hbond substituents is 1. The number of imidazole rings is 1. The topological polar surface area (TPSA) is 147 Å². The lowest BCUT2D eigenvalue weighted by Gasteiger charge is -2.22. The minimum atomic E-state index is -3.83. The number of aryl methyl sites for hydroxylation is 1. The van der Waals surface area contributed by atoms with Crippen LogP contribution >= 0.6 is 0 Å². The van der Waals surface area contributed by atoms with Crippen LogP contribution in [0.3, 0.4) is 0 Å². The molecule has 2 aliphatic heterocycles. The molecule has 46 heavy (non-hydrogen) atoms. The van der Waals surface area contributed by atoms with Crippen molar-refractivity contribution in [3.8, 4) is 28.4 Å². The zero-order valence-electron chi connectivity index (χ0n) is 25.8. The molecule has 240 valence electrons. The Morgan fingerprint density at radius 2 is 1.85 bits per heavy atom. The van der Waals surface area contributed by atoms with Gasteiger partial charge in [-0.1, -0.05) is 13.0 Å². The Hall–Kier alpha value is -4.40. The second-order valence-electron chi connectivity index (χ2n) is 11.9. The van der Waals surface area contributed by atoms with Crippen molar-refractivity contribution in [3.05, 3.63) is 65.5 Å². The van der Waals surface area contributed by atoms with E-state index >= 15 is 0 Å². The molecule has 0 radical (unpaired) electrons. The Kier molecular flexibility index (Phi) is 7.95. The average Bonchev–Trinajstić information content (AvgIpc) is 3.52. The third kappa shape index (κ3) is 5.60. The summed E-state index contributed by atoms with van der Waals surface area (Å²) in [7, 11) is -1.73. The molecule has 2 aromatic carbocycles. The van der Waals surface area contributed by atoms with Gasteiger partial charge in [0.15, 0.2) is 22.4 Å². The van der Waals surface area contributed by atoms with Gasteiger partial charge in [-0.2, -0.15) is 9.40 Å². The molecule has 14 heteroatoms. The number of likely N-dealkylation sites (N-methyl/N-ethyl adjacent to an activating group) is 1. The number of nitrogens with one attached hydrogen (secondary N) is 2. The molecule has 0 spiro atoms. The van der Waals surface area contributed by atoms with Crippen molar-refractivity contribution in [2.45, 2.75) is 37.6 Å². The van der Waals surface area contributed by atoms with E-state index < -0.39 is 15.8 Å². The smallest absolute Gasteiger partial charge is 0.262 e. The van der Waals surface area contributed by atoms with Crippen LogP contribution in [-0.4, -0.2) is 99.2 Å². The summed E-state index contributed by atoms with van der Waals surface area (Å²) in [6.45, 7) is 6.15. The van der Waals surface area contributed by atoms with Crippen molar-refractivity contribution >= 4 is 26.7 Å². The highest BCUT2D eigenvalue weighted by Gasteiger charge is 2.30. The van der Waals surface area contributed by atoms with Crippen LogP contribution in [0.4, 0.5) is 10.2 Å². The summed E-state index contributed by atoms with van der Waals surface area (Å²) in [5, 5.41) is 18.2. The van der Waals surface area contributed by atoms with Crippen LogP contribution in [0.1, 0.15) is 30.3 Å². The van der Waals surface area contributed by atoms with Crippen molar-refractivity contribution < 1.29 is 17.9 Å². The first-order valence-electron chi connectivity index (χ1n) is 15.5. The van der Waals surface area contributed by atoms with Gasteiger partial charge in [0.2, 0.25) is 0 Å². The first kappa shape index (κ1) is 30.3. The highest BCUT2D eigenvalue weighted by Crippen LogP contribution is 2.34. The number of sulfonamides is 1. The predicted octanol–water partition coefficient (Wildman–Crippen LogP) is 3.75. The number of hydrogen-bond donors (Lipinski definition) is 3. The van der Waals surface area contributed by atoms with E-state index in [0.29, 0.717) is 42.2 Å². The highest BCUT2D eigenvalue weighted by molar-refractivity contribution is 7.89. The maximum Gasteiger partial charge on any atom is 0.262 e. The Morgan fingerprint density at radius 1 is 1.00 bits per heavy atom. The fourth-order valence-corrected chi connectivity index (χ4v) is 7.64. The van der Waals surface area contributed by atoms with Gasteiger partial charge in [0.05, 0.1) is 23.6 Å². The van der Waals surface area contributed by atoms with Gasteiger partial charge >= 0.3 is 0 Å². The molecule has 0 aliphatic carbocycles. The Bertz CT molecular complexity index is 1980. The minimum absolute atomic E-state index is 0.0501. The summed E-state index contributed by atoms with van der Waals surface area (Å²) in [6, 6.07) is 8.57. The van der Waals surface area contributed by atoms with Crippen molar-refractivity contribution in [1.82, 2.24) is 39.3 Å². The molecule has 0 bridgehead atoms. The Morgan fingerprint density at radius 3 is 2.65 bits per heavy atom. The highest BCUT2D eigenvalue weighted by atomic mass is 32.2. The molecular formula is C32H36FN9O3S. The van der Waals surface area contributed by atoms with Crippen molar-refractivity contribution in [2.24, 2.45) is 0 Å². The molecule has 3 aromatic heterocycles. The largest absolute Gasteiger partial charge is 0.505 e. The number of benzene rings is 2. The van der Waals surface area contributed by atoms with Gasteiger partial charge in [-0.3, -0.25) is 5.10 Å².